The van der Waals surface area contributed by atoms with Crippen LogP contribution < -0.4 is 10.6 Å². The number of rotatable bonds is 6. The van der Waals surface area contributed by atoms with Crippen LogP contribution >= 0.6 is 24.0 Å². The largest absolute Gasteiger partial charge is 0.325 e. The van der Waals surface area contributed by atoms with Crippen molar-refractivity contribution in [2.24, 2.45) is 5.92 Å². The van der Waals surface area contributed by atoms with Crippen molar-refractivity contribution in [1.29, 1.82) is 0 Å². The summed E-state index contributed by atoms with van der Waals surface area (Å²) in [4.78, 5) is 14.4. The summed E-state index contributed by atoms with van der Waals surface area (Å²) in [5, 5.41) is 7.01. The number of nitrogens with one attached hydrogen (secondary N) is 2. The molecule has 1 heterocycles. The lowest BCUT2D eigenvalue weighted by atomic mass is 9.97. The normalized spacial score (nSPS) is 16.0. The third-order valence-electron chi connectivity index (χ3n) is 4.21. The molecule has 0 radical (unpaired) electrons. The summed E-state index contributed by atoms with van der Waals surface area (Å²) in [5.41, 5.74) is 1.78. The Morgan fingerprint density at radius 1 is 1.35 bits per heavy atom. The zero-order valence-corrected chi connectivity index (χ0v) is 15.5. The van der Waals surface area contributed by atoms with Gasteiger partial charge in [0.05, 0.1) is 6.54 Å². The highest BCUT2D eigenvalue weighted by atomic mass is 35.5. The molecule has 1 aliphatic heterocycles. The van der Waals surface area contributed by atoms with Crippen LogP contribution in [0, 0.1) is 12.8 Å². The molecule has 1 amide bonds. The average Bonchev–Trinajstić information content (AvgIpc) is 2.50. The first kappa shape index (κ1) is 20.2. The third-order valence-corrected chi connectivity index (χ3v) is 4.62. The van der Waals surface area contributed by atoms with Crippen molar-refractivity contribution in [2.45, 2.75) is 26.7 Å². The Morgan fingerprint density at radius 3 is 2.65 bits per heavy atom. The number of carbonyl (C=O) groups is 1. The van der Waals surface area contributed by atoms with Gasteiger partial charge in [0.1, 0.15) is 0 Å². The quantitative estimate of drug-likeness (QED) is 0.818. The minimum atomic E-state index is 0. The van der Waals surface area contributed by atoms with E-state index in [-0.39, 0.29) is 18.3 Å². The lowest BCUT2D eigenvalue weighted by Gasteiger charge is -2.31. The van der Waals surface area contributed by atoms with E-state index in [0.29, 0.717) is 11.6 Å². The predicted molar refractivity (Wildman–Crippen MR) is 99.8 cm³/mol. The topological polar surface area (TPSA) is 44.4 Å². The molecule has 0 aromatic heterocycles. The molecule has 1 aliphatic rings. The van der Waals surface area contributed by atoms with Crippen LogP contribution in [0.2, 0.25) is 5.02 Å². The number of piperidine rings is 1. The maximum atomic E-state index is 12.1. The summed E-state index contributed by atoms with van der Waals surface area (Å²) in [6, 6.07) is 5.61. The first-order valence-electron chi connectivity index (χ1n) is 8.07. The summed E-state index contributed by atoms with van der Waals surface area (Å²) >= 11 is 6.08. The molecule has 2 N–H and O–H groups in total. The Morgan fingerprint density at radius 2 is 2.04 bits per heavy atom. The fraction of sp³-hybridized carbons (Fsp3) is 0.588. The summed E-state index contributed by atoms with van der Waals surface area (Å²) < 4.78 is 0. The highest BCUT2D eigenvalue weighted by Gasteiger charge is 2.20. The van der Waals surface area contributed by atoms with Gasteiger partial charge < -0.3 is 10.6 Å². The average molecular weight is 360 g/mol. The highest BCUT2D eigenvalue weighted by Crippen LogP contribution is 2.20. The van der Waals surface area contributed by atoms with Crippen molar-refractivity contribution in [2.75, 3.05) is 38.0 Å². The molecule has 1 aromatic carbocycles. The summed E-state index contributed by atoms with van der Waals surface area (Å²) in [5.74, 6) is 0.778. The molecule has 4 nitrogen and oxygen atoms in total. The van der Waals surface area contributed by atoms with Crippen molar-refractivity contribution in [3.63, 3.8) is 0 Å². The molecule has 130 valence electrons. The standard InChI is InChI=1S/C17H26ClN3O.ClH/c1-3-19-11-14-6-8-21(9-7-14)12-17(22)20-15-5-4-13(2)16(18)10-15;/h4-5,10,14,19H,3,6-9,11-12H2,1-2H3,(H,20,22);1H. The number of hydrogen-bond acceptors (Lipinski definition) is 3. The Bertz CT molecular complexity index is 503. The number of halogens is 2. The Kier molecular flexibility index (Phi) is 8.92. The summed E-state index contributed by atoms with van der Waals surface area (Å²) in [7, 11) is 0. The summed E-state index contributed by atoms with van der Waals surface area (Å²) in [6.45, 7) is 8.66. The molecule has 0 aliphatic carbocycles. The van der Waals surface area contributed by atoms with Gasteiger partial charge in [-0.2, -0.15) is 0 Å². The minimum absolute atomic E-state index is 0. The zero-order valence-electron chi connectivity index (χ0n) is 13.9. The van der Waals surface area contributed by atoms with E-state index < -0.39 is 0 Å². The van der Waals surface area contributed by atoms with Crippen LogP contribution in [0.5, 0.6) is 0 Å². The zero-order chi connectivity index (χ0) is 15.9. The molecular formula is C17H27Cl2N3O. The number of amides is 1. The van der Waals surface area contributed by atoms with Crippen molar-refractivity contribution >= 4 is 35.6 Å². The number of carbonyl (C=O) groups excluding carboxylic acids is 1. The molecule has 1 saturated heterocycles. The van der Waals surface area contributed by atoms with Crippen molar-refractivity contribution in [3.05, 3.63) is 28.8 Å². The molecule has 0 unspecified atom stereocenters. The Balaban J connectivity index is 0.00000264. The van der Waals surface area contributed by atoms with Crippen LogP contribution in [-0.2, 0) is 4.79 Å². The molecule has 23 heavy (non-hydrogen) atoms. The van der Waals surface area contributed by atoms with Gasteiger partial charge in [0.2, 0.25) is 5.91 Å². The van der Waals surface area contributed by atoms with Crippen LogP contribution in [0.1, 0.15) is 25.3 Å². The molecule has 0 bridgehead atoms. The van der Waals surface area contributed by atoms with Gasteiger partial charge in [-0.25, -0.2) is 0 Å². The number of benzene rings is 1. The first-order valence-corrected chi connectivity index (χ1v) is 8.45. The van der Waals surface area contributed by atoms with Crippen molar-refractivity contribution < 1.29 is 4.79 Å². The summed E-state index contributed by atoms with van der Waals surface area (Å²) in [6.07, 6.45) is 2.33. The fourth-order valence-corrected chi connectivity index (χ4v) is 2.95. The SMILES string of the molecule is CCNCC1CCN(CC(=O)Nc2ccc(C)c(Cl)c2)CC1.Cl. The van der Waals surface area contributed by atoms with Crippen LogP contribution in [0.3, 0.4) is 0 Å². The van der Waals surface area contributed by atoms with E-state index in [1.807, 2.05) is 19.1 Å². The monoisotopic (exact) mass is 359 g/mol. The second kappa shape index (κ2) is 10.1. The van der Waals surface area contributed by atoms with E-state index in [4.69, 9.17) is 11.6 Å². The van der Waals surface area contributed by atoms with Crippen LogP contribution in [0.25, 0.3) is 0 Å². The predicted octanol–water partition coefficient (Wildman–Crippen LogP) is 3.33. The lowest BCUT2D eigenvalue weighted by molar-refractivity contribution is -0.117. The van der Waals surface area contributed by atoms with Gasteiger partial charge in [-0.3, -0.25) is 9.69 Å². The first-order chi connectivity index (χ1) is 10.6. The maximum absolute atomic E-state index is 12.1. The van der Waals surface area contributed by atoms with Gasteiger partial charge >= 0.3 is 0 Å². The van der Waals surface area contributed by atoms with E-state index >= 15 is 0 Å². The second-order valence-electron chi connectivity index (χ2n) is 6.04. The fourth-order valence-electron chi connectivity index (χ4n) is 2.77. The van der Waals surface area contributed by atoms with Gasteiger partial charge in [-0.15, -0.1) is 12.4 Å². The molecular weight excluding hydrogens is 333 g/mol. The molecule has 0 atom stereocenters. The van der Waals surface area contributed by atoms with Gasteiger partial charge in [0.25, 0.3) is 0 Å². The van der Waals surface area contributed by atoms with Crippen LogP contribution in [0.15, 0.2) is 18.2 Å². The van der Waals surface area contributed by atoms with E-state index in [9.17, 15) is 4.79 Å². The molecule has 6 heteroatoms. The van der Waals surface area contributed by atoms with Gasteiger partial charge in [-0.1, -0.05) is 24.6 Å². The van der Waals surface area contributed by atoms with Crippen LogP contribution in [-0.4, -0.2) is 43.5 Å². The van der Waals surface area contributed by atoms with Crippen molar-refractivity contribution in [3.8, 4) is 0 Å². The maximum Gasteiger partial charge on any atom is 0.238 e. The third kappa shape index (κ3) is 6.68. The molecule has 0 spiro atoms. The molecule has 1 fully saturated rings. The molecule has 0 saturated carbocycles. The van der Waals surface area contributed by atoms with Crippen molar-refractivity contribution in [1.82, 2.24) is 10.2 Å². The number of hydrogen-bond donors (Lipinski definition) is 2. The molecule has 2 rings (SSSR count). The Hall–Kier alpha value is -0.810. The lowest BCUT2D eigenvalue weighted by Crippen LogP contribution is -2.41. The minimum Gasteiger partial charge on any atom is -0.325 e. The van der Waals surface area contributed by atoms with Gasteiger partial charge in [0, 0.05) is 10.7 Å². The van der Waals surface area contributed by atoms with E-state index in [2.05, 4.69) is 22.5 Å². The number of anilines is 1. The van der Waals surface area contributed by atoms with E-state index in [1.54, 1.807) is 6.07 Å². The van der Waals surface area contributed by atoms with E-state index in [0.717, 1.165) is 56.2 Å². The molecule has 1 aromatic rings. The van der Waals surface area contributed by atoms with Crippen LogP contribution in [0.4, 0.5) is 5.69 Å². The van der Waals surface area contributed by atoms with Gasteiger partial charge in [-0.05, 0) is 69.6 Å². The number of aryl methyl sites for hydroxylation is 1. The Labute approximate surface area is 150 Å². The van der Waals surface area contributed by atoms with E-state index in [1.165, 1.54) is 0 Å². The number of likely N-dealkylation sites (tertiary alicyclic amines) is 1. The smallest absolute Gasteiger partial charge is 0.238 e. The van der Waals surface area contributed by atoms with Gasteiger partial charge in [0.15, 0.2) is 0 Å². The number of nitrogens with zero attached hydrogens (tertiary/aromatic N) is 1. The highest BCUT2D eigenvalue weighted by molar-refractivity contribution is 6.31. The second-order valence-corrected chi connectivity index (χ2v) is 6.45.